The molecule has 106 valence electrons. The molecule has 0 radical (unpaired) electrons. The third-order valence-corrected chi connectivity index (χ3v) is 5.45. The van der Waals surface area contributed by atoms with E-state index in [2.05, 4.69) is 19.2 Å². The zero-order valence-corrected chi connectivity index (χ0v) is 12.8. The van der Waals surface area contributed by atoms with Crippen molar-refractivity contribution in [2.24, 2.45) is 11.8 Å². The van der Waals surface area contributed by atoms with Gasteiger partial charge in [0.05, 0.1) is 5.92 Å². The minimum absolute atomic E-state index is 0.0574. The van der Waals surface area contributed by atoms with Crippen molar-refractivity contribution in [2.45, 2.75) is 45.3 Å². The lowest BCUT2D eigenvalue weighted by atomic mass is 9.94. The molecule has 0 aliphatic carbocycles. The summed E-state index contributed by atoms with van der Waals surface area (Å²) in [6, 6.07) is 0. The van der Waals surface area contributed by atoms with Crippen LogP contribution in [0.15, 0.2) is 0 Å². The van der Waals surface area contributed by atoms with Crippen LogP contribution in [0.2, 0.25) is 0 Å². The molecule has 0 heterocycles. The van der Waals surface area contributed by atoms with Crippen LogP contribution >= 0.6 is 11.8 Å². The summed E-state index contributed by atoms with van der Waals surface area (Å²) < 4.78 is 0.0574. The molecule has 0 spiro atoms. The number of hydrogen-bond donors (Lipinski definition) is 2. The average Bonchev–Trinajstić information content (AvgIpc) is 2.38. The minimum atomic E-state index is -0.931. The molecule has 2 atom stereocenters. The summed E-state index contributed by atoms with van der Waals surface area (Å²) in [4.78, 5) is 22.7. The Kier molecular flexibility index (Phi) is 7.36. The zero-order valence-electron chi connectivity index (χ0n) is 11.9. The number of carboxylic acid groups (broad SMARTS) is 1. The highest BCUT2D eigenvalue weighted by Gasteiger charge is 2.29. The summed E-state index contributed by atoms with van der Waals surface area (Å²) in [7, 11) is 0. The van der Waals surface area contributed by atoms with Gasteiger partial charge in [-0.1, -0.05) is 27.7 Å². The van der Waals surface area contributed by atoms with E-state index in [1.165, 1.54) is 0 Å². The molecule has 0 aromatic heterocycles. The molecule has 0 rings (SSSR count). The number of rotatable bonds is 8. The first-order valence-corrected chi connectivity index (χ1v) is 7.61. The molecule has 0 fully saturated rings. The molecule has 0 saturated carbocycles. The van der Waals surface area contributed by atoms with Gasteiger partial charge in [0.2, 0.25) is 5.91 Å². The highest BCUT2D eigenvalue weighted by atomic mass is 32.2. The first-order valence-electron chi connectivity index (χ1n) is 6.39. The van der Waals surface area contributed by atoms with Crippen LogP contribution in [0.1, 0.15) is 40.5 Å². The average molecular weight is 275 g/mol. The monoisotopic (exact) mass is 275 g/mol. The molecule has 0 aromatic rings. The van der Waals surface area contributed by atoms with Crippen LogP contribution in [0.5, 0.6) is 0 Å². The van der Waals surface area contributed by atoms with Gasteiger partial charge in [-0.25, -0.2) is 0 Å². The van der Waals surface area contributed by atoms with E-state index in [1.807, 2.05) is 6.26 Å². The Balaban J connectivity index is 4.45. The topological polar surface area (TPSA) is 66.4 Å². The number of carbonyl (C=O) groups is 2. The van der Waals surface area contributed by atoms with Gasteiger partial charge in [-0.2, -0.15) is 11.8 Å². The van der Waals surface area contributed by atoms with Crippen LogP contribution in [0.25, 0.3) is 0 Å². The minimum Gasteiger partial charge on any atom is -0.481 e. The molecule has 0 saturated heterocycles. The number of carboxylic acids is 1. The van der Waals surface area contributed by atoms with Gasteiger partial charge >= 0.3 is 5.97 Å². The molecule has 0 aliphatic rings. The van der Waals surface area contributed by atoms with Gasteiger partial charge in [0.1, 0.15) is 0 Å². The molecule has 4 nitrogen and oxygen atoms in total. The van der Waals surface area contributed by atoms with Crippen molar-refractivity contribution in [3.05, 3.63) is 0 Å². The predicted octanol–water partition coefficient (Wildman–Crippen LogP) is 2.38. The lowest BCUT2D eigenvalue weighted by Crippen LogP contribution is -2.43. The van der Waals surface area contributed by atoms with Crippen molar-refractivity contribution in [2.75, 3.05) is 12.8 Å². The number of aliphatic carboxylic acids is 1. The van der Waals surface area contributed by atoms with Crippen molar-refractivity contribution in [3.8, 4) is 0 Å². The van der Waals surface area contributed by atoms with E-state index in [1.54, 1.807) is 25.6 Å². The Morgan fingerprint density at radius 2 is 1.72 bits per heavy atom. The quantitative estimate of drug-likeness (QED) is 0.714. The predicted molar refractivity (Wildman–Crippen MR) is 75.8 cm³/mol. The Hall–Kier alpha value is -0.710. The molecule has 0 aliphatic heterocycles. The van der Waals surface area contributed by atoms with Gasteiger partial charge < -0.3 is 10.4 Å². The molecule has 0 bridgehead atoms. The van der Waals surface area contributed by atoms with Gasteiger partial charge in [0.25, 0.3) is 0 Å². The van der Waals surface area contributed by atoms with Crippen LogP contribution in [-0.4, -0.2) is 34.5 Å². The molecular weight excluding hydrogens is 250 g/mol. The van der Waals surface area contributed by atoms with E-state index in [4.69, 9.17) is 5.11 Å². The molecule has 18 heavy (non-hydrogen) atoms. The Morgan fingerprint density at radius 1 is 1.22 bits per heavy atom. The van der Waals surface area contributed by atoms with Crippen molar-refractivity contribution >= 4 is 23.6 Å². The van der Waals surface area contributed by atoms with Crippen molar-refractivity contribution in [1.82, 2.24) is 5.32 Å². The number of thioether (sulfide) groups is 1. The van der Waals surface area contributed by atoms with Crippen LogP contribution in [-0.2, 0) is 9.59 Å². The SMILES string of the molecule is CCC(CC)(CNC(=O)C(C)C(C)C(=O)O)SC. The summed E-state index contributed by atoms with van der Waals surface area (Å²) in [6.45, 7) is 8.03. The first-order chi connectivity index (χ1) is 8.33. The fourth-order valence-electron chi connectivity index (χ4n) is 1.71. The molecule has 2 unspecified atom stereocenters. The zero-order chi connectivity index (χ0) is 14.3. The standard InChI is InChI=1S/C13H25NO3S/c1-6-13(7-2,18-5)8-14-11(15)9(3)10(4)12(16)17/h9-10H,6-8H2,1-5H3,(H,14,15)(H,16,17). The largest absolute Gasteiger partial charge is 0.481 e. The van der Waals surface area contributed by atoms with Crippen LogP contribution in [0.4, 0.5) is 0 Å². The van der Waals surface area contributed by atoms with Crippen LogP contribution < -0.4 is 5.32 Å². The second-order valence-corrected chi connectivity index (χ2v) is 6.00. The highest BCUT2D eigenvalue weighted by molar-refractivity contribution is 8.00. The number of amides is 1. The van der Waals surface area contributed by atoms with E-state index in [0.717, 1.165) is 12.8 Å². The second-order valence-electron chi connectivity index (χ2n) is 4.73. The number of hydrogen-bond acceptors (Lipinski definition) is 3. The smallest absolute Gasteiger partial charge is 0.307 e. The van der Waals surface area contributed by atoms with Gasteiger partial charge in [-0.05, 0) is 19.1 Å². The van der Waals surface area contributed by atoms with Crippen molar-refractivity contribution < 1.29 is 14.7 Å². The van der Waals surface area contributed by atoms with Gasteiger partial charge in [-0.3, -0.25) is 9.59 Å². The summed E-state index contributed by atoms with van der Waals surface area (Å²) in [6.07, 6.45) is 4.00. The van der Waals surface area contributed by atoms with Crippen molar-refractivity contribution in [3.63, 3.8) is 0 Å². The fraction of sp³-hybridized carbons (Fsp3) is 0.846. The first kappa shape index (κ1) is 17.3. The lowest BCUT2D eigenvalue weighted by Gasteiger charge is -2.30. The van der Waals surface area contributed by atoms with E-state index in [0.29, 0.717) is 6.54 Å². The van der Waals surface area contributed by atoms with E-state index in [-0.39, 0.29) is 10.7 Å². The molecule has 0 aromatic carbocycles. The van der Waals surface area contributed by atoms with E-state index < -0.39 is 17.8 Å². The fourth-order valence-corrected chi connectivity index (χ4v) is 2.50. The maximum absolute atomic E-state index is 11.9. The molecule has 2 N–H and O–H groups in total. The summed E-state index contributed by atoms with van der Waals surface area (Å²) in [5.41, 5.74) is 0. The third-order valence-electron chi connectivity index (χ3n) is 3.86. The molecule has 5 heteroatoms. The van der Waals surface area contributed by atoms with E-state index in [9.17, 15) is 9.59 Å². The van der Waals surface area contributed by atoms with Gasteiger partial charge in [-0.15, -0.1) is 0 Å². The third kappa shape index (κ3) is 4.52. The second kappa shape index (κ2) is 7.67. The maximum atomic E-state index is 11.9. The van der Waals surface area contributed by atoms with Gasteiger partial charge in [0.15, 0.2) is 0 Å². The Labute approximate surface area is 114 Å². The number of carbonyl (C=O) groups excluding carboxylic acids is 1. The lowest BCUT2D eigenvalue weighted by molar-refractivity contribution is -0.146. The van der Waals surface area contributed by atoms with Crippen LogP contribution in [0, 0.1) is 11.8 Å². The van der Waals surface area contributed by atoms with E-state index >= 15 is 0 Å². The summed E-state index contributed by atoms with van der Waals surface area (Å²) in [5.74, 6) is -2.27. The maximum Gasteiger partial charge on any atom is 0.307 e. The Bertz CT molecular complexity index is 282. The Morgan fingerprint density at radius 3 is 2.06 bits per heavy atom. The molecule has 1 amide bonds. The highest BCUT2D eigenvalue weighted by Crippen LogP contribution is 2.29. The van der Waals surface area contributed by atoms with Gasteiger partial charge in [0, 0.05) is 17.2 Å². The number of nitrogens with one attached hydrogen (secondary N) is 1. The van der Waals surface area contributed by atoms with Crippen molar-refractivity contribution in [1.29, 1.82) is 0 Å². The van der Waals surface area contributed by atoms with Crippen LogP contribution in [0.3, 0.4) is 0 Å². The molecular formula is C13H25NO3S. The summed E-state index contributed by atoms with van der Waals surface area (Å²) >= 11 is 1.75. The summed E-state index contributed by atoms with van der Waals surface area (Å²) in [5, 5.41) is 11.8. The normalized spacial score (nSPS) is 14.9.